The highest BCUT2D eigenvalue weighted by molar-refractivity contribution is 6.00. The average molecular weight is 323 g/mol. The van der Waals surface area contributed by atoms with Crippen LogP contribution in [0.2, 0.25) is 0 Å². The Morgan fingerprint density at radius 3 is 2.42 bits per heavy atom. The summed E-state index contributed by atoms with van der Waals surface area (Å²) in [6.45, 7) is 4.32. The number of aryl methyl sites for hydroxylation is 2. The van der Waals surface area contributed by atoms with Crippen LogP contribution in [0.25, 0.3) is 0 Å². The van der Waals surface area contributed by atoms with Crippen LogP contribution in [0.15, 0.2) is 42.6 Å². The van der Waals surface area contributed by atoms with E-state index >= 15 is 0 Å². The minimum atomic E-state index is -0.243. The third-order valence-corrected chi connectivity index (χ3v) is 4.36. The number of amides is 2. The van der Waals surface area contributed by atoms with E-state index in [1.54, 1.807) is 6.20 Å². The van der Waals surface area contributed by atoms with E-state index in [1.165, 1.54) is 0 Å². The highest BCUT2D eigenvalue weighted by Crippen LogP contribution is 2.40. The smallest absolute Gasteiger partial charge is 0.228 e. The molecule has 2 atom stereocenters. The maximum Gasteiger partial charge on any atom is 0.228 e. The van der Waals surface area contributed by atoms with Crippen molar-refractivity contribution < 1.29 is 9.59 Å². The van der Waals surface area contributed by atoms with Crippen LogP contribution in [0.3, 0.4) is 0 Å². The fourth-order valence-electron chi connectivity index (χ4n) is 2.81. The van der Waals surface area contributed by atoms with E-state index in [9.17, 15) is 9.59 Å². The molecule has 5 heteroatoms. The Morgan fingerprint density at radius 1 is 1.04 bits per heavy atom. The molecule has 0 spiro atoms. The van der Waals surface area contributed by atoms with E-state index in [-0.39, 0.29) is 23.7 Å². The summed E-state index contributed by atoms with van der Waals surface area (Å²) in [6, 6.07) is 11.5. The summed E-state index contributed by atoms with van der Waals surface area (Å²) in [5.41, 5.74) is 3.71. The van der Waals surface area contributed by atoms with E-state index in [1.807, 2.05) is 50.2 Å². The maximum atomic E-state index is 12.4. The highest BCUT2D eigenvalue weighted by atomic mass is 16.2. The van der Waals surface area contributed by atoms with Gasteiger partial charge in [-0.15, -0.1) is 0 Å². The Hall–Kier alpha value is -2.69. The van der Waals surface area contributed by atoms with Crippen molar-refractivity contribution in [2.24, 2.45) is 11.8 Å². The van der Waals surface area contributed by atoms with Gasteiger partial charge in [0.1, 0.15) is 0 Å². The molecule has 1 aliphatic carbocycles. The van der Waals surface area contributed by atoms with Gasteiger partial charge in [-0.2, -0.15) is 0 Å². The molecule has 2 aromatic rings. The van der Waals surface area contributed by atoms with Crippen molar-refractivity contribution in [3.63, 3.8) is 0 Å². The minimum Gasteiger partial charge on any atom is -0.350 e. The van der Waals surface area contributed by atoms with Gasteiger partial charge in [-0.1, -0.05) is 24.3 Å². The first-order chi connectivity index (χ1) is 11.6. The molecular formula is C19H21N3O2. The van der Waals surface area contributed by atoms with Crippen molar-refractivity contribution in [3.05, 3.63) is 59.4 Å². The molecule has 3 rings (SSSR count). The van der Waals surface area contributed by atoms with Gasteiger partial charge in [0.2, 0.25) is 11.8 Å². The molecule has 2 amide bonds. The molecule has 2 unspecified atom stereocenters. The molecule has 1 aromatic carbocycles. The molecular weight excluding hydrogens is 302 g/mol. The largest absolute Gasteiger partial charge is 0.350 e. The molecule has 1 heterocycles. The number of rotatable bonds is 5. The van der Waals surface area contributed by atoms with Crippen molar-refractivity contribution in [2.75, 3.05) is 5.32 Å². The summed E-state index contributed by atoms with van der Waals surface area (Å²) >= 11 is 0. The van der Waals surface area contributed by atoms with Gasteiger partial charge in [-0.05, 0) is 43.5 Å². The van der Waals surface area contributed by atoms with Gasteiger partial charge in [0.05, 0.1) is 24.1 Å². The SMILES string of the molecule is Cc1cccc(C)c1NC(=O)C1CC1C(=O)NCc1ccccn1. The van der Waals surface area contributed by atoms with Crippen molar-refractivity contribution in [1.29, 1.82) is 0 Å². The zero-order valence-electron chi connectivity index (χ0n) is 13.9. The third-order valence-electron chi connectivity index (χ3n) is 4.36. The van der Waals surface area contributed by atoms with Crippen LogP contribution in [0.5, 0.6) is 0 Å². The quantitative estimate of drug-likeness (QED) is 0.888. The summed E-state index contributed by atoms with van der Waals surface area (Å²) in [4.78, 5) is 28.7. The van der Waals surface area contributed by atoms with Gasteiger partial charge in [0, 0.05) is 11.9 Å². The number of pyridine rings is 1. The van der Waals surface area contributed by atoms with Crippen LogP contribution in [0.4, 0.5) is 5.69 Å². The van der Waals surface area contributed by atoms with Gasteiger partial charge in [-0.3, -0.25) is 14.6 Å². The molecule has 5 nitrogen and oxygen atoms in total. The normalized spacial score (nSPS) is 18.8. The molecule has 0 bridgehead atoms. The minimum absolute atomic E-state index is 0.0783. The lowest BCUT2D eigenvalue weighted by Crippen LogP contribution is -2.27. The predicted octanol–water partition coefficient (Wildman–Crippen LogP) is 2.59. The molecule has 1 aliphatic rings. The zero-order chi connectivity index (χ0) is 17.1. The second-order valence-corrected chi connectivity index (χ2v) is 6.24. The zero-order valence-corrected chi connectivity index (χ0v) is 13.9. The van der Waals surface area contributed by atoms with Gasteiger partial charge in [0.25, 0.3) is 0 Å². The highest BCUT2D eigenvalue weighted by Gasteiger charge is 2.48. The number of carbonyl (C=O) groups is 2. The van der Waals surface area contributed by atoms with E-state index in [4.69, 9.17) is 0 Å². The summed E-state index contributed by atoms with van der Waals surface area (Å²) in [6.07, 6.45) is 2.30. The molecule has 1 aromatic heterocycles. The number of aromatic nitrogens is 1. The van der Waals surface area contributed by atoms with Crippen LogP contribution >= 0.6 is 0 Å². The van der Waals surface area contributed by atoms with Crippen LogP contribution < -0.4 is 10.6 Å². The van der Waals surface area contributed by atoms with E-state index < -0.39 is 0 Å². The molecule has 2 N–H and O–H groups in total. The van der Waals surface area contributed by atoms with Gasteiger partial charge in [-0.25, -0.2) is 0 Å². The predicted molar refractivity (Wildman–Crippen MR) is 92.2 cm³/mol. The Kier molecular flexibility index (Phi) is 4.60. The summed E-state index contributed by atoms with van der Waals surface area (Å²) < 4.78 is 0. The molecule has 1 fully saturated rings. The number of hydrogen-bond acceptors (Lipinski definition) is 3. The van der Waals surface area contributed by atoms with Crippen LogP contribution in [0, 0.1) is 25.7 Å². The second-order valence-electron chi connectivity index (χ2n) is 6.24. The molecule has 0 aliphatic heterocycles. The third kappa shape index (κ3) is 3.62. The van der Waals surface area contributed by atoms with E-state index in [0.717, 1.165) is 22.5 Å². The summed E-state index contributed by atoms with van der Waals surface area (Å²) in [5.74, 6) is -0.640. The standard InChI is InChI=1S/C19H21N3O2/c1-12-6-5-7-13(2)17(12)22-19(24)16-10-15(16)18(23)21-11-14-8-3-4-9-20-14/h3-9,15-16H,10-11H2,1-2H3,(H,21,23)(H,22,24). The lowest BCUT2D eigenvalue weighted by Gasteiger charge is -2.11. The Morgan fingerprint density at radius 2 is 1.75 bits per heavy atom. The fourth-order valence-corrected chi connectivity index (χ4v) is 2.81. The molecule has 124 valence electrons. The van der Waals surface area contributed by atoms with Crippen LogP contribution in [-0.2, 0) is 16.1 Å². The van der Waals surface area contributed by atoms with Crippen LogP contribution in [-0.4, -0.2) is 16.8 Å². The first-order valence-electron chi connectivity index (χ1n) is 8.11. The van der Waals surface area contributed by atoms with Crippen LogP contribution in [0.1, 0.15) is 23.2 Å². The van der Waals surface area contributed by atoms with Crippen molar-refractivity contribution in [1.82, 2.24) is 10.3 Å². The molecule has 0 radical (unpaired) electrons. The van der Waals surface area contributed by atoms with Gasteiger partial charge in [0.15, 0.2) is 0 Å². The van der Waals surface area contributed by atoms with Crippen molar-refractivity contribution >= 4 is 17.5 Å². The monoisotopic (exact) mass is 323 g/mol. The number of nitrogens with zero attached hydrogens (tertiary/aromatic N) is 1. The number of para-hydroxylation sites is 1. The van der Waals surface area contributed by atoms with E-state index in [0.29, 0.717) is 13.0 Å². The second kappa shape index (κ2) is 6.83. The van der Waals surface area contributed by atoms with Gasteiger partial charge >= 0.3 is 0 Å². The molecule has 1 saturated carbocycles. The van der Waals surface area contributed by atoms with Gasteiger partial charge < -0.3 is 10.6 Å². The molecule has 24 heavy (non-hydrogen) atoms. The first kappa shape index (κ1) is 16.2. The van der Waals surface area contributed by atoms with Crippen molar-refractivity contribution in [2.45, 2.75) is 26.8 Å². The fraction of sp³-hybridized carbons (Fsp3) is 0.316. The Balaban J connectivity index is 1.53. The first-order valence-corrected chi connectivity index (χ1v) is 8.11. The number of benzene rings is 1. The number of anilines is 1. The number of carbonyl (C=O) groups excluding carboxylic acids is 2. The van der Waals surface area contributed by atoms with E-state index in [2.05, 4.69) is 15.6 Å². The Bertz CT molecular complexity index is 738. The lowest BCUT2D eigenvalue weighted by molar-refractivity contribution is -0.125. The number of hydrogen-bond donors (Lipinski definition) is 2. The average Bonchev–Trinajstić information content (AvgIpc) is 3.38. The van der Waals surface area contributed by atoms with Crippen molar-refractivity contribution in [3.8, 4) is 0 Å². The Labute approximate surface area is 141 Å². The lowest BCUT2D eigenvalue weighted by atomic mass is 10.1. The maximum absolute atomic E-state index is 12.4. The summed E-state index contributed by atoms with van der Waals surface area (Å²) in [5, 5.41) is 5.82. The summed E-state index contributed by atoms with van der Waals surface area (Å²) in [7, 11) is 0. The number of nitrogens with one attached hydrogen (secondary N) is 2. The molecule has 0 saturated heterocycles. The topological polar surface area (TPSA) is 71.1 Å².